The van der Waals surface area contributed by atoms with Crippen LogP contribution >= 0.6 is 15.9 Å². The molecule has 2 aliphatic heterocycles. The van der Waals surface area contributed by atoms with E-state index in [4.69, 9.17) is 9.97 Å². The lowest BCUT2D eigenvalue weighted by Crippen LogP contribution is -1.89. The maximum Gasteiger partial charge on any atom is 0.0737 e. The number of alkyl halides is 1. The van der Waals surface area contributed by atoms with Crippen LogP contribution in [0.25, 0.3) is 90.9 Å². The zero-order valence-corrected chi connectivity index (χ0v) is 28.7. The lowest BCUT2D eigenvalue weighted by atomic mass is 10.0. The lowest BCUT2D eigenvalue weighted by molar-refractivity contribution is 1.31. The molecule has 0 atom stereocenters. The highest BCUT2D eigenvalue weighted by molar-refractivity contribution is 9.08. The summed E-state index contributed by atoms with van der Waals surface area (Å²) in [5.74, 6) is 0. The molecule has 0 radical (unpaired) electrons. The van der Waals surface area contributed by atoms with Gasteiger partial charge in [0.15, 0.2) is 0 Å². The van der Waals surface area contributed by atoms with Crippen molar-refractivity contribution in [3.8, 4) is 44.5 Å². The third kappa shape index (κ3) is 5.42. The summed E-state index contributed by atoms with van der Waals surface area (Å²) < 4.78 is 0. The molecule has 7 aromatic rings. The van der Waals surface area contributed by atoms with Gasteiger partial charge in [0.05, 0.1) is 22.8 Å². The quantitative estimate of drug-likeness (QED) is 0.175. The van der Waals surface area contributed by atoms with Gasteiger partial charge in [-0.2, -0.15) is 0 Å². The van der Waals surface area contributed by atoms with Gasteiger partial charge in [-0.05, 0) is 76.4 Å². The number of fused-ring (bicyclic) bond motifs is 8. The first-order chi connectivity index (χ1) is 24.7. The summed E-state index contributed by atoms with van der Waals surface area (Å²) in [6, 6.07) is 48.9. The number of nitrogens with zero attached hydrogens (tertiary/aromatic N) is 2. The smallest absolute Gasteiger partial charge is 0.0737 e. The molecule has 0 saturated heterocycles. The van der Waals surface area contributed by atoms with E-state index in [2.05, 4.69) is 190 Å². The second-order valence-electron chi connectivity index (χ2n) is 12.4. The van der Waals surface area contributed by atoms with E-state index in [1.54, 1.807) is 0 Å². The van der Waals surface area contributed by atoms with Gasteiger partial charge in [-0.15, -0.1) is 0 Å². The maximum absolute atomic E-state index is 5.38. The van der Waals surface area contributed by atoms with E-state index in [1.165, 1.54) is 5.56 Å². The minimum atomic E-state index is 0.801. The van der Waals surface area contributed by atoms with Crippen LogP contribution in [0.1, 0.15) is 28.3 Å². The summed E-state index contributed by atoms with van der Waals surface area (Å²) in [5, 5.41) is 0.801. The number of H-pyrrole nitrogens is 2. The number of hydrogen-bond acceptors (Lipinski definition) is 2. The van der Waals surface area contributed by atoms with Gasteiger partial charge >= 0.3 is 0 Å². The van der Waals surface area contributed by atoms with E-state index in [0.717, 1.165) is 94.7 Å². The molecule has 0 spiro atoms. The predicted molar refractivity (Wildman–Crippen MR) is 213 cm³/mol. The zero-order valence-electron chi connectivity index (χ0n) is 27.1. The molecule has 2 N–H and O–H groups in total. The Kier molecular flexibility index (Phi) is 7.68. The summed E-state index contributed by atoms with van der Waals surface area (Å²) >= 11 is 3.61. The van der Waals surface area contributed by atoms with Gasteiger partial charge in [0.1, 0.15) is 0 Å². The molecule has 0 saturated carbocycles. The number of aromatic amines is 2. The summed E-state index contributed by atoms with van der Waals surface area (Å²) in [6.07, 6.45) is 8.56. The molecule has 238 valence electrons. The van der Waals surface area contributed by atoms with Crippen molar-refractivity contribution in [1.29, 1.82) is 0 Å². The third-order valence-electron chi connectivity index (χ3n) is 9.34. The van der Waals surface area contributed by atoms with Crippen molar-refractivity contribution in [3.63, 3.8) is 0 Å². The maximum atomic E-state index is 5.38. The van der Waals surface area contributed by atoms with E-state index in [1.807, 2.05) is 0 Å². The van der Waals surface area contributed by atoms with E-state index in [-0.39, 0.29) is 0 Å². The molecule has 4 nitrogen and oxygen atoms in total. The molecule has 0 amide bonds. The molecule has 3 aromatic heterocycles. The Bertz CT molecular complexity index is 2560. The lowest BCUT2D eigenvalue weighted by Gasteiger charge is -2.07. The highest BCUT2D eigenvalue weighted by Crippen LogP contribution is 2.38. The number of benzene rings is 4. The van der Waals surface area contributed by atoms with Gasteiger partial charge in [0.25, 0.3) is 0 Å². The molecular formula is C45H31BrN4. The minimum Gasteiger partial charge on any atom is -0.354 e. The molecule has 0 unspecified atom stereocenters. The van der Waals surface area contributed by atoms with Crippen LogP contribution in [-0.2, 0) is 5.33 Å². The fourth-order valence-electron chi connectivity index (χ4n) is 7.00. The molecule has 2 aliphatic rings. The van der Waals surface area contributed by atoms with Gasteiger partial charge in [0.2, 0.25) is 0 Å². The predicted octanol–water partition coefficient (Wildman–Crippen LogP) is 12.2. The van der Waals surface area contributed by atoms with Gasteiger partial charge in [-0.25, -0.2) is 9.97 Å². The number of nitrogens with one attached hydrogen (secondary N) is 2. The van der Waals surface area contributed by atoms with E-state index in [9.17, 15) is 0 Å². The van der Waals surface area contributed by atoms with Gasteiger partial charge in [-0.1, -0.05) is 131 Å². The van der Waals surface area contributed by atoms with Crippen molar-refractivity contribution in [2.75, 3.05) is 0 Å². The molecule has 0 fully saturated rings. The average molecular weight is 708 g/mol. The Morgan fingerprint density at radius 3 is 0.960 bits per heavy atom. The van der Waals surface area contributed by atoms with Crippen LogP contribution < -0.4 is 0 Å². The summed E-state index contributed by atoms with van der Waals surface area (Å²) in [5.41, 5.74) is 17.3. The molecule has 8 bridgehead atoms. The van der Waals surface area contributed by atoms with Crippen LogP contribution in [0.5, 0.6) is 0 Å². The Morgan fingerprint density at radius 1 is 0.360 bits per heavy atom. The SMILES string of the molecule is BrCc1ccc(-c2c3nc(c(-c4ccccc4)c4ccc([nH]4)c(-c4ccccc4)c4nc(c(-c5ccccc5)c5ccc2[nH]5)C=C4)C=C3)cc1. The molecular weight excluding hydrogens is 676 g/mol. The summed E-state index contributed by atoms with van der Waals surface area (Å²) in [7, 11) is 0. The van der Waals surface area contributed by atoms with Crippen LogP contribution in [-0.4, -0.2) is 19.9 Å². The number of rotatable bonds is 5. The molecule has 5 heterocycles. The molecule has 50 heavy (non-hydrogen) atoms. The largest absolute Gasteiger partial charge is 0.354 e. The number of aromatic nitrogens is 4. The van der Waals surface area contributed by atoms with Crippen molar-refractivity contribution < 1.29 is 0 Å². The third-order valence-corrected chi connectivity index (χ3v) is 9.99. The molecule has 0 aliphatic carbocycles. The normalized spacial score (nSPS) is 12.0. The Labute approximate surface area is 298 Å². The van der Waals surface area contributed by atoms with Gasteiger partial charge in [0, 0.05) is 49.7 Å². The minimum absolute atomic E-state index is 0.801. The standard InChI is InChI=1S/C45H31BrN4/c46-28-29-16-18-33(19-17-29)45-40-26-24-38(49-40)43(31-12-6-2-7-13-31)36-22-20-34(47-36)42(30-10-4-1-5-11-30)35-21-23-37(48-35)44(32-14-8-3-9-15-32)39-25-27-41(45)50-39/h1-27,47,50H,28H2. The molecule has 4 aromatic carbocycles. The van der Waals surface area contributed by atoms with Crippen LogP contribution in [0.4, 0.5) is 0 Å². The van der Waals surface area contributed by atoms with Crippen LogP contribution in [0.15, 0.2) is 140 Å². The van der Waals surface area contributed by atoms with Crippen LogP contribution in [0.2, 0.25) is 0 Å². The fourth-order valence-corrected chi connectivity index (χ4v) is 7.37. The Balaban J connectivity index is 1.47. The first-order valence-electron chi connectivity index (χ1n) is 16.7. The van der Waals surface area contributed by atoms with Crippen LogP contribution in [0.3, 0.4) is 0 Å². The van der Waals surface area contributed by atoms with E-state index < -0.39 is 0 Å². The van der Waals surface area contributed by atoms with Gasteiger partial charge < -0.3 is 9.97 Å². The Morgan fingerprint density at radius 2 is 0.660 bits per heavy atom. The Hall–Kier alpha value is -6.04. The second-order valence-corrected chi connectivity index (χ2v) is 13.0. The van der Waals surface area contributed by atoms with Crippen molar-refractivity contribution >= 4 is 62.3 Å². The van der Waals surface area contributed by atoms with Crippen molar-refractivity contribution in [3.05, 3.63) is 168 Å². The first kappa shape index (κ1) is 30.1. The monoisotopic (exact) mass is 706 g/mol. The van der Waals surface area contributed by atoms with E-state index >= 15 is 0 Å². The fraction of sp³-hybridized carbons (Fsp3) is 0.0222. The van der Waals surface area contributed by atoms with Crippen molar-refractivity contribution in [1.82, 2.24) is 19.9 Å². The topological polar surface area (TPSA) is 57.4 Å². The van der Waals surface area contributed by atoms with Crippen molar-refractivity contribution in [2.24, 2.45) is 0 Å². The highest BCUT2D eigenvalue weighted by Gasteiger charge is 2.18. The van der Waals surface area contributed by atoms with E-state index in [0.29, 0.717) is 0 Å². The van der Waals surface area contributed by atoms with Gasteiger partial charge in [-0.3, -0.25) is 0 Å². The summed E-state index contributed by atoms with van der Waals surface area (Å²) in [4.78, 5) is 18.4. The average Bonchev–Trinajstić information content (AvgIpc) is 4.01. The summed E-state index contributed by atoms with van der Waals surface area (Å²) in [6.45, 7) is 0. The number of hydrogen-bond donors (Lipinski definition) is 2. The van der Waals surface area contributed by atoms with Crippen molar-refractivity contribution in [2.45, 2.75) is 5.33 Å². The molecule has 5 heteroatoms. The first-order valence-corrected chi connectivity index (χ1v) is 17.8. The second kappa shape index (κ2) is 12.8. The van der Waals surface area contributed by atoms with Crippen LogP contribution in [0, 0.1) is 0 Å². The highest BCUT2D eigenvalue weighted by atomic mass is 79.9. The molecule has 9 rings (SSSR count). The number of halogens is 1. The zero-order chi connectivity index (χ0) is 33.4.